The number of hydrogen-bond donors (Lipinski definition) is 4. The number of anilines is 6. The number of aromatic amines is 1. The molecule has 2 unspecified atom stereocenters. The van der Waals surface area contributed by atoms with Gasteiger partial charge < -0.3 is 49.8 Å². The number of nitrogens with one attached hydrogen (secondary N) is 4. The molecular weight excluding hydrogens is 1460 g/mol. The maximum Gasteiger partial charge on any atom is 0.416 e. The number of aryl methyl sites for hydroxylation is 2. The molecule has 3 amide bonds. The van der Waals surface area contributed by atoms with Gasteiger partial charge in [0.15, 0.2) is 22.8 Å². The molecular formula is C78H63F9N18O6. The fourth-order valence-electron chi connectivity index (χ4n) is 13.8. The van der Waals surface area contributed by atoms with Crippen molar-refractivity contribution in [1.82, 2.24) is 59.1 Å². The molecule has 24 nitrogen and oxygen atoms in total. The van der Waals surface area contributed by atoms with Gasteiger partial charge in [0.2, 0.25) is 0 Å². The number of morpholine rings is 3. The number of benzene rings is 5. The molecule has 0 radical (unpaired) electrons. The van der Waals surface area contributed by atoms with Crippen molar-refractivity contribution in [3.63, 3.8) is 0 Å². The highest BCUT2D eigenvalue weighted by Crippen LogP contribution is 2.42. The lowest BCUT2D eigenvalue weighted by molar-refractivity contribution is -0.138. The molecule has 0 saturated carbocycles. The monoisotopic (exact) mass is 1520 g/mol. The summed E-state index contributed by atoms with van der Waals surface area (Å²) in [4.78, 5) is 85.4. The van der Waals surface area contributed by atoms with Gasteiger partial charge in [-0.1, -0.05) is 30.3 Å². The van der Waals surface area contributed by atoms with Crippen LogP contribution in [-0.2, 0) is 39.2 Å². The van der Waals surface area contributed by atoms with Crippen molar-refractivity contribution in [2.75, 3.05) is 96.3 Å². The molecule has 564 valence electrons. The van der Waals surface area contributed by atoms with E-state index in [1.54, 1.807) is 102 Å². The number of fused-ring (bicyclic) bond motifs is 3. The van der Waals surface area contributed by atoms with E-state index in [0.717, 1.165) is 54.1 Å². The molecule has 0 aliphatic carbocycles. The van der Waals surface area contributed by atoms with Crippen molar-refractivity contribution < 1.29 is 68.1 Å². The number of rotatable bonds is 16. The van der Waals surface area contributed by atoms with Crippen molar-refractivity contribution in [2.24, 2.45) is 0 Å². The fourth-order valence-corrected chi connectivity index (χ4v) is 13.8. The van der Waals surface area contributed by atoms with Gasteiger partial charge in [0.1, 0.15) is 23.9 Å². The molecule has 13 aromatic rings. The Kier molecular flexibility index (Phi) is 19.1. The number of amides is 3. The smallest absolute Gasteiger partial charge is 0.378 e. The molecule has 0 spiro atoms. The van der Waals surface area contributed by atoms with Crippen LogP contribution in [0, 0.1) is 13.8 Å². The van der Waals surface area contributed by atoms with Gasteiger partial charge in [0, 0.05) is 102 Å². The van der Waals surface area contributed by atoms with Gasteiger partial charge in [-0.2, -0.15) is 49.7 Å². The normalized spacial score (nSPS) is 15.9. The third kappa shape index (κ3) is 15.2. The van der Waals surface area contributed by atoms with Crippen molar-refractivity contribution >= 4 is 74.3 Å². The number of hydrogen-bond acceptors (Lipinski definition) is 18. The van der Waals surface area contributed by atoms with Gasteiger partial charge in [-0.3, -0.25) is 19.4 Å². The molecule has 8 aromatic heterocycles. The van der Waals surface area contributed by atoms with Crippen LogP contribution < -0.4 is 30.7 Å². The zero-order chi connectivity index (χ0) is 77.0. The number of halogens is 9. The maximum absolute atomic E-state index is 14.0. The molecule has 3 aliphatic heterocycles. The van der Waals surface area contributed by atoms with Crippen LogP contribution in [0.5, 0.6) is 0 Å². The third-order valence-corrected chi connectivity index (χ3v) is 19.4. The number of alkyl halides is 9. The molecule has 3 saturated heterocycles. The second-order valence-electron chi connectivity index (χ2n) is 26.7. The van der Waals surface area contributed by atoms with Crippen LogP contribution in [0.1, 0.15) is 94.0 Å². The SMILES string of the molecule is Cc1ccc(NC(=O)c2cccc(C(F)(F)F)c2)cc1-c1cc(N2CCOCC2)c2nc(C3CN(c4cc(-c5cc(NC(=O)c6cccc(C(F)(F)F)c6)cnc5C)nn5c(Cc6ccc(NC(=O)c7cccc(C(F)(F)F)c7)cc6-c6nc(N7CCOCC7)c7cccnc7n6)cnc45)CC(c4ncc[nH]4)O3)cn2n1. The Labute approximate surface area is 624 Å². The minimum Gasteiger partial charge on any atom is -0.378 e. The van der Waals surface area contributed by atoms with Crippen LogP contribution in [0.4, 0.5) is 73.8 Å². The zero-order valence-corrected chi connectivity index (χ0v) is 58.8. The van der Waals surface area contributed by atoms with Gasteiger partial charge in [-0.05, 0) is 134 Å². The van der Waals surface area contributed by atoms with Gasteiger partial charge in [-0.25, -0.2) is 38.9 Å². The van der Waals surface area contributed by atoms with E-state index in [1.165, 1.54) is 30.5 Å². The van der Waals surface area contributed by atoms with Crippen LogP contribution in [0.2, 0.25) is 0 Å². The zero-order valence-electron chi connectivity index (χ0n) is 58.8. The van der Waals surface area contributed by atoms with Gasteiger partial charge in [0.05, 0.1) is 120 Å². The quantitative estimate of drug-likeness (QED) is 0.0655. The van der Waals surface area contributed by atoms with E-state index in [4.69, 9.17) is 44.3 Å². The summed E-state index contributed by atoms with van der Waals surface area (Å²) in [6, 6.07) is 31.2. The Bertz CT molecular complexity index is 5760. The lowest BCUT2D eigenvalue weighted by Gasteiger charge is -2.38. The van der Waals surface area contributed by atoms with Crippen LogP contribution >= 0.6 is 0 Å². The first-order chi connectivity index (χ1) is 53.4. The van der Waals surface area contributed by atoms with E-state index in [-0.39, 0.29) is 59.1 Å². The first-order valence-corrected chi connectivity index (χ1v) is 35.0. The number of aromatic nitrogens is 12. The summed E-state index contributed by atoms with van der Waals surface area (Å²) in [6.07, 6.45) is -6.14. The molecule has 111 heavy (non-hydrogen) atoms. The van der Waals surface area contributed by atoms with Crippen LogP contribution in [-0.4, -0.2) is 143 Å². The Morgan fingerprint density at radius 1 is 0.532 bits per heavy atom. The minimum atomic E-state index is -4.73. The second kappa shape index (κ2) is 29.3. The maximum atomic E-state index is 14.0. The summed E-state index contributed by atoms with van der Waals surface area (Å²) in [5.41, 5.74) is 4.02. The topological polar surface area (TPSA) is 265 Å². The molecule has 5 aromatic carbocycles. The largest absolute Gasteiger partial charge is 0.416 e. The summed E-state index contributed by atoms with van der Waals surface area (Å²) in [5, 5.41) is 19.3. The minimum absolute atomic E-state index is 0.0236. The van der Waals surface area contributed by atoms with E-state index < -0.39 is 65.1 Å². The highest BCUT2D eigenvalue weighted by atomic mass is 19.4. The van der Waals surface area contributed by atoms with Gasteiger partial charge >= 0.3 is 18.5 Å². The van der Waals surface area contributed by atoms with Crippen LogP contribution in [0.15, 0.2) is 177 Å². The molecule has 3 aliphatic rings. The van der Waals surface area contributed by atoms with Crippen LogP contribution in [0.3, 0.4) is 0 Å². The van der Waals surface area contributed by atoms with E-state index >= 15 is 0 Å². The summed E-state index contributed by atoms with van der Waals surface area (Å²) in [5.74, 6) is -1.22. The molecule has 11 heterocycles. The molecule has 4 N–H and O–H groups in total. The lowest BCUT2D eigenvalue weighted by Crippen LogP contribution is -2.41. The van der Waals surface area contributed by atoms with E-state index in [1.807, 2.05) is 24.0 Å². The second-order valence-corrected chi connectivity index (χ2v) is 26.7. The molecule has 3 fully saturated rings. The lowest BCUT2D eigenvalue weighted by atomic mass is 10.0. The number of H-pyrrole nitrogens is 1. The molecule has 16 rings (SSSR count). The van der Waals surface area contributed by atoms with Gasteiger partial charge in [0.25, 0.3) is 17.7 Å². The third-order valence-electron chi connectivity index (χ3n) is 19.4. The average molecular weight is 1520 g/mol. The predicted octanol–water partition coefficient (Wildman–Crippen LogP) is 14.2. The summed E-state index contributed by atoms with van der Waals surface area (Å²) in [7, 11) is 0. The predicted molar refractivity (Wildman–Crippen MR) is 391 cm³/mol. The standard InChI is InChI=1S/C78H63F9N18O6/c1-43-14-16-52(93-73(106)46-7-3-10-49(29-46)76(79,80)81)33-57(43)60-36-64(101-21-25-109-26-22-101)72-96-62(40-104(72)99-60)65-41-103(42-66(111-65)69-89-19-20-90-69)63-37-61(58-35-54(38-91-44(58)2)95-75(108)48-9-5-12-51(31-48)78(85,86)87)100-105-55(39-92-71(63)105)32-45-15-17-53(94-74(107)47-8-4-11-50(30-47)77(82,83)84)34-59(45)68-97-67-56(13-6-18-88-67)70(98-68)102-23-27-110-28-24-102/h3-20,29-31,33-40,65-66H,21-28,32,41-42H2,1-2H3,(H,89,90)(H,93,106)(H,94,107)(H,95,108). The number of carbonyl (C=O) groups excluding carboxylic acids is 3. The van der Waals surface area contributed by atoms with Crippen LogP contribution in [0.25, 0.3) is 56.2 Å². The van der Waals surface area contributed by atoms with Crippen molar-refractivity contribution in [1.29, 1.82) is 0 Å². The molecule has 0 bridgehead atoms. The number of carbonyl (C=O) groups is 3. The van der Waals surface area contributed by atoms with E-state index in [9.17, 15) is 53.9 Å². The summed E-state index contributed by atoms with van der Waals surface area (Å²) in [6.45, 7) is 7.40. The molecule has 2 atom stereocenters. The summed E-state index contributed by atoms with van der Waals surface area (Å²) >= 11 is 0. The first kappa shape index (κ1) is 72.4. The number of pyridine rings is 2. The Morgan fingerprint density at radius 3 is 1.73 bits per heavy atom. The van der Waals surface area contributed by atoms with E-state index in [2.05, 4.69) is 45.7 Å². The van der Waals surface area contributed by atoms with Crippen molar-refractivity contribution in [3.8, 4) is 33.9 Å². The van der Waals surface area contributed by atoms with E-state index in [0.29, 0.717) is 149 Å². The fraction of sp³-hybridized carbons (Fsp3) is 0.231. The first-order valence-electron chi connectivity index (χ1n) is 35.0. The highest BCUT2D eigenvalue weighted by molar-refractivity contribution is 6.06. The van der Waals surface area contributed by atoms with Crippen molar-refractivity contribution in [3.05, 3.63) is 244 Å². The Hall–Kier alpha value is -12.8. The highest BCUT2D eigenvalue weighted by Gasteiger charge is 2.38. The Morgan fingerprint density at radius 2 is 1.11 bits per heavy atom. The number of imidazole rings is 3. The molecule has 33 heteroatoms. The van der Waals surface area contributed by atoms with Gasteiger partial charge in [-0.15, -0.1) is 0 Å². The number of ether oxygens (including phenoxy) is 3. The Balaban J connectivity index is 0.815. The summed E-state index contributed by atoms with van der Waals surface area (Å²) < 4.78 is 147. The van der Waals surface area contributed by atoms with Crippen molar-refractivity contribution in [2.45, 2.75) is 51.0 Å². The average Bonchev–Trinajstić information content (AvgIpc) is 1.67. The number of nitrogens with zero attached hydrogens (tertiary/aromatic N) is 14.